The molecule has 0 N–H and O–H groups in total. The number of hydrogen-bond acceptors (Lipinski definition) is 6. The number of nitro groups is 1. The minimum atomic E-state index is -0.427. The molecule has 0 unspecified atom stereocenters. The maximum Gasteiger partial charge on any atom is 0.307 e. The molecular formula is C15H19N5O3. The molecule has 1 aliphatic heterocycles. The average molecular weight is 317 g/mol. The molecule has 1 aromatic carbocycles. The summed E-state index contributed by atoms with van der Waals surface area (Å²) in [5.74, 6) is 0.878. The topological polar surface area (TPSA) is 76.7 Å². The minimum Gasteiger partial charge on any atom is -0.495 e. The third kappa shape index (κ3) is 3.42. The second-order valence-electron chi connectivity index (χ2n) is 5.41. The summed E-state index contributed by atoms with van der Waals surface area (Å²) in [6.07, 6.45) is 2.75. The predicted molar refractivity (Wildman–Crippen MR) is 85.7 cm³/mol. The number of nitrogens with zero attached hydrogens (tertiary/aromatic N) is 5. The summed E-state index contributed by atoms with van der Waals surface area (Å²) < 4.78 is 7.02. The molecule has 0 bridgehead atoms. The molecule has 0 spiro atoms. The Morgan fingerprint density at radius 3 is 2.65 bits per heavy atom. The van der Waals surface area contributed by atoms with E-state index in [1.54, 1.807) is 11.8 Å². The second kappa shape index (κ2) is 6.66. The van der Waals surface area contributed by atoms with Gasteiger partial charge in [-0.15, -0.1) is 0 Å². The Balaban J connectivity index is 1.58. The van der Waals surface area contributed by atoms with Crippen LogP contribution in [0.3, 0.4) is 0 Å². The number of methoxy groups -OCH3 is 1. The molecule has 1 fully saturated rings. The van der Waals surface area contributed by atoms with Crippen molar-refractivity contribution in [1.82, 2.24) is 14.7 Å². The number of rotatable bonds is 5. The summed E-state index contributed by atoms with van der Waals surface area (Å²) in [5.41, 5.74) is 1.13. The van der Waals surface area contributed by atoms with Crippen LogP contribution in [0.1, 0.15) is 0 Å². The quantitative estimate of drug-likeness (QED) is 0.615. The average Bonchev–Trinajstić information content (AvgIpc) is 3.04. The molecular weight excluding hydrogens is 298 g/mol. The van der Waals surface area contributed by atoms with E-state index in [9.17, 15) is 10.1 Å². The van der Waals surface area contributed by atoms with Crippen molar-refractivity contribution in [2.45, 2.75) is 6.67 Å². The van der Waals surface area contributed by atoms with Gasteiger partial charge in [-0.25, -0.2) is 0 Å². The number of para-hydroxylation sites is 2. The van der Waals surface area contributed by atoms with Crippen LogP contribution in [0.2, 0.25) is 0 Å². The van der Waals surface area contributed by atoms with Crippen LogP contribution in [0.4, 0.5) is 11.4 Å². The molecule has 8 heteroatoms. The number of piperazine rings is 1. The van der Waals surface area contributed by atoms with Crippen molar-refractivity contribution in [1.29, 1.82) is 0 Å². The molecule has 0 atom stereocenters. The predicted octanol–water partition coefficient (Wildman–Crippen LogP) is 1.58. The molecule has 1 saturated heterocycles. The maximum atomic E-state index is 10.7. The normalized spacial score (nSPS) is 15.6. The lowest BCUT2D eigenvalue weighted by atomic mass is 10.2. The zero-order valence-corrected chi connectivity index (χ0v) is 13.0. The molecule has 0 aliphatic carbocycles. The summed E-state index contributed by atoms with van der Waals surface area (Å²) in [4.78, 5) is 14.8. The lowest BCUT2D eigenvalue weighted by Gasteiger charge is -2.36. The third-order valence-corrected chi connectivity index (χ3v) is 3.97. The molecule has 0 radical (unpaired) electrons. The number of aromatic nitrogens is 2. The minimum absolute atomic E-state index is 0.0256. The highest BCUT2D eigenvalue weighted by atomic mass is 16.6. The standard InChI is InChI=1S/C15H19N5O3/c1-23-15-5-3-2-4-14(15)18-8-6-17(7-9-18)12-19-11-13(10-16-19)20(21)22/h2-5,10-11H,6-9,12H2,1H3. The van der Waals surface area contributed by atoms with Crippen molar-refractivity contribution in [3.63, 3.8) is 0 Å². The molecule has 122 valence electrons. The molecule has 8 nitrogen and oxygen atoms in total. The lowest BCUT2D eigenvalue weighted by Crippen LogP contribution is -2.46. The van der Waals surface area contributed by atoms with Crippen LogP contribution in [-0.2, 0) is 6.67 Å². The highest BCUT2D eigenvalue weighted by Crippen LogP contribution is 2.28. The third-order valence-electron chi connectivity index (χ3n) is 3.97. The Morgan fingerprint density at radius 2 is 2.00 bits per heavy atom. The number of anilines is 1. The summed E-state index contributed by atoms with van der Waals surface area (Å²) >= 11 is 0. The van der Waals surface area contributed by atoms with Gasteiger partial charge in [0.15, 0.2) is 0 Å². The summed E-state index contributed by atoms with van der Waals surface area (Å²) in [6, 6.07) is 7.99. The summed E-state index contributed by atoms with van der Waals surface area (Å²) in [5, 5.41) is 14.7. The van der Waals surface area contributed by atoms with E-state index in [-0.39, 0.29) is 5.69 Å². The first-order valence-corrected chi connectivity index (χ1v) is 7.44. The van der Waals surface area contributed by atoms with Gasteiger partial charge < -0.3 is 9.64 Å². The van der Waals surface area contributed by atoms with E-state index in [1.807, 2.05) is 18.2 Å². The molecule has 2 heterocycles. The van der Waals surface area contributed by atoms with E-state index in [0.717, 1.165) is 37.6 Å². The first-order chi connectivity index (χ1) is 11.2. The van der Waals surface area contributed by atoms with Crippen molar-refractivity contribution in [2.24, 2.45) is 0 Å². The largest absolute Gasteiger partial charge is 0.495 e. The molecule has 0 saturated carbocycles. The first-order valence-electron chi connectivity index (χ1n) is 7.44. The second-order valence-corrected chi connectivity index (χ2v) is 5.41. The fraction of sp³-hybridized carbons (Fsp3) is 0.400. The van der Waals surface area contributed by atoms with Crippen LogP contribution in [0.15, 0.2) is 36.7 Å². The number of hydrogen-bond donors (Lipinski definition) is 0. The van der Waals surface area contributed by atoms with Crippen molar-refractivity contribution in [3.8, 4) is 5.75 Å². The highest BCUT2D eigenvalue weighted by molar-refractivity contribution is 5.58. The van der Waals surface area contributed by atoms with E-state index in [0.29, 0.717) is 6.67 Å². The van der Waals surface area contributed by atoms with Crippen LogP contribution in [0, 0.1) is 10.1 Å². The Morgan fingerprint density at radius 1 is 1.26 bits per heavy atom. The van der Waals surface area contributed by atoms with E-state index < -0.39 is 4.92 Å². The van der Waals surface area contributed by atoms with Crippen LogP contribution in [-0.4, -0.2) is 52.9 Å². The zero-order valence-electron chi connectivity index (χ0n) is 13.0. The van der Waals surface area contributed by atoms with Crippen LogP contribution in [0.25, 0.3) is 0 Å². The van der Waals surface area contributed by atoms with Crippen LogP contribution in [0.5, 0.6) is 5.75 Å². The fourth-order valence-corrected chi connectivity index (χ4v) is 2.75. The summed E-state index contributed by atoms with van der Waals surface area (Å²) in [7, 11) is 1.68. The zero-order chi connectivity index (χ0) is 16.2. The van der Waals surface area contributed by atoms with Crippen molar-refractivity contribution in [3.05, 3.63) is 46.8 Å². The van der Waals surface area contributed by atoms with E-state index in [1.165, 1.54) is 12.4 Å². The molecule has 1 aromatic heterocycles. The van der Waals surface area contributed by atoms with Gasteiger partial charge in [0.1, 0.15) is 18.1 Å². The van der Waals surface area contributed by atoms with E-state index in [2.05, 4.69) is 21.0 Å². The first kappa shape index (κ1) is 15.3. The molecule has 1 aliphatic rings. The van der Waals surface area contributed by atoms with Gasteiger partial charge in [-0.1, -0.05) is 12.1 Å². The van der Waals surface area contributed by atoms with Gasteiger partial charge in [0.2, 0.25) is 0 Å². The van der Waals surface area contributed by atoms with E-state index >= 15 is 0 Å². The Bertz CT molecular complexity index is 679. The van der Waals surface area contributed by atoms with Gasteiger partial charge in [-0.05, 0) is 12.1 Å². The van der Waals surface area contributed by atoms with Crippen LogP contribution < -0.4 is 9.64 Å². The van der Waals surface area contributed by atoms with E-state index in [4.69, 9.17) is 4.74 Å². The monoisotopic (exact) mass is 317 g/mol. The fourth-order valence-electron chi connectivity index (χ4n) is 2.75. The molecule has 3 rings (SSSR count). The molecule has 2 aromatic rings. The smallest absolute Gasteiger partial charge is 0.307 e. The van der Waals surface area contributed by atoms with Crippen LogP contribution >= 0.6 is 0 Å². The van der Waals surface area contributed by atoms with Gasteiger partial charge in [0, 0.05) is 26.2 Å². The Kier molecular flexibility index (Phi) is 4.42. The maximum absolute atomic E-state index is 10.7. The Hall–Kier alpha value is -2.61. The SMILES string of the molecule is COc1ccccc1N1CCN(Cn2cc([N+](=O)[O-])cn2)CC1. The van der Waals surface area contributed by atoms with Crippen molar-refractivity contribution >= 4 is 11.4 Å². The highest BCUT2D eigenvalue weighted by Gasteiger charge is 2.20. The molecule has 23 heavy (non-hydrogen) atoms. The lowest BCUT2D eigenvalue weighted by molar-refractivity contribution is -0.385. The molecule has 0 amide bonds. The van der Waals surface area contributed by atoms with Gasteiger partial charge >= 0.3 is 5.69 Å². The van der Waals surface area contributed by atoms with Crippen molar-refractivity contribution in [2.75, 3.05) is 38.2 Å². The van der Waals surface area contributed by atoms with Crippen molar-refractivity contribution < 1.29 is 9.66 Å². The Labute approximate surface area is 134 Å². The van der Waals surface area contributed by atoms with Gasteiger partial charge in [-0.3, -0.25) is 19.7 Å². The summed E-state index contributed by atoms with van der Waals surface area (Å²) in [6.45, 7) is 4.05. The number of benzene rings is 1. The van der Waals surface area contributed by atoms with Gasteiger partial charge in [0.05, 0.1) is 24.4 Å². The van der Waals surface area contributed by atoms with Gasteiger partial charge in [0.25, 0.3) is 0 Å². The van der Waals surface area contributed by atoms with Gasteiger partial charge in [-0.2, -0.15) is 5.10 Å². The number of ether oxygens (including phenoxy) is 1.